The fraction of sp³-hybridized carbons (Fsp3) is 0.412. The molecule has 0 spiro atoms. The van der Waals surface area contributed by atoms with E-state index >= 15 is 0 Å². The Morgan fingerprint density at radius 3 is 2.62 bits per heavy atom. The molecule has 21 heavy (non-hydrogen) atoms. The largest absolute Gasteiger partial charge is 0.497 e. The molecule has 0 aliphatic heterocycles. The molecule has 0 aliphatic carbocycles. The van der Waals surface area contributed by atoms with E-state index in [1.807, 2.05) is 48.9 Å². The summed E-state index contributed by atoms with van der Waals surface area (Å²) in [5.41, 5.74) is 3.13. The molecule has 1 aromatic heterocycles. The predicted molar refractivity (Wildman–Crippen MR) is 82.7 cm³/mol. The zero-order valence-electron chi connectivity index (χ0n) is 12.9. The Kier molecular flexibility index (Phi) is 5.14. The van der Waals surface area contributed by atoms with Crippen molar-refractivity contribution in [3.63, 3.8) is 0 Å². The molecule has 0 bridgehead atoms. The summed E-state index contributed by atoms with van der Waals surface area (Å²) >= 11 is 0. The van der Waals surface area contributed by atoms with Gasteiger partial charge in [-0.15, -0.1) is 0 Å². The van der Waals surface area contributed by atoms with Crippen molar-refractivity contribution in [3.05, 3.63) is 47.3 Å². The second kappa shape index (κ2) is 7.07. The number of aromatic nitrogens is 2. The Balaban J connectivity index is 1.89. The highest BCUT2D eigenvalue weighted by Crippen LogP contribution is 2.13. The second-order valence-electron chi connectivity index (χ2n) is 5.16. The van der Waals surface area contributed by atoms with Crippen LogP contribution in [-0.2, 0) is 24.2 Å². The van der Waals surface area contributed by atoms with E-state index in [0.29, 0.717) is 12.8 Å². The van der Waals surface area contributed by atoms with Gasteiger partial charge in [-0.3, -0.25) is 9.48 Å². The summed E-state index contributed by atoms with van der Waals surface area (Å²) in [6.07, 6.45) is 1.78. The van der Waals surface area contributed by atoms with Gasteiger partial charge in [-0.2, -0.15) is 5.10 Å². The SMILES string of the molecule is CCn1nc(C)cc1CC(=O)CCc1ccc(OC)cc1. The molecule has 0 saturated heterocycles. The number of rotatable bonds is 7. The van der Waals surface area contributed by atoms with Gasteiger partial charge in [0.25, 0.3) is 0 Å². The highest BCUT2D eigenvalue weighted by molar-refractivity contribution is 5.80. The van der Waals surface area contributed by atoms with Crippen LogP contribution in [0.15, 0.2) is 30.3 Å². The van der Waals surface area contributed by atoms with Gasteiger partial charge in [0, 0.05) is 25.1 Å². The summed E-state index contributed by atoms with van der Waals surface area (Å²) in [5.74, 6) is 1.09. The van der Waals surface area contributed by atoms with Crippen molar-refractivity contribution in [2.75, 3.05) is 7.11 Å². The zero-order valence-corrected chi connectivity index (χ0v) is 12.9. The minimum Gasteiger partial charge on any atom is -0.497 e. The molecule has 0 unspecified atom stereocenters. The lowest BCUT2D eigenvalue weighted by Crippen LogP contribution is -2.10. The van der Waals surface area contributed by atoms with E-state index in [1.54, 1.807) is 7.11 Å². The normalized spacial score (nSPS) is 10.6. The third kappa shape index (κ3) is 4.18. The molecule has 0 saturated carbocycles. The first-order valence-corrected chi connectivity index (χ1v) is 7.30. The van der Waals surface area contributed by atoms with Crippen LogP contribution in [0.4, 0.5) is 0 Å². The van der Waals surface area contributed by atoms with Crippen molar-refractivity contribution >= 4 is 5.78 Å². The minimum atomic E-state index is 0.250. The average Bonchev–Trinajstić information content (AvgIpc) is 2.85. The molecular weight excluding hydrogens is 264 g/mol. The van der Waals surface area contributed by atoms with Gasteiger partial charge in [0.1, 0.15) is 11.5 Å². The van der Waals surface area contributed by atoms with Crippen LogP contribution in [0, 0.1) is 6.92 Å². The van der Waals surface area contributed by atoms with E-state index < -0.39 is 0 Å². The van der Waals surface area contributed by atoms with Crippen molar-refractivity contribution in [1.29, 1.82) is 0 Å². The van der Waals surface area contributed by atoms with E-state index in [4.69, 9.17) is 4.74 Å². The Bertz CT molecular complexity index is 600. The van der Waals surface area contributed by atoms with E-state index in [0.717, 1.165) is 35.7 Å². The Morgan fingerprint density at radius 1 is 1.29 bits per heavy atom. The summed E-state index contributed by atoms with van der Waals surface area (Å²) in [6.45, 7) is 4.80. The maximum atomic E-state index is 12.1. The number of hydrogen-bond acceptors (Lipinski definition) is 3. The number of ether oxygens (including phenoxy) is 1. The third-order valence-electron chi connectivity index (χ3n) is 3.51. The Morgan fingerprint density at radius 2 is 2.00 bits per heavy atom. The number of hydrogen-bond donors (Lipinski definition) is 0. The van der Waals surface area contributed by atoms with Crippen LogP contribution < -0.4 is 4.74 Å². The van der Waals surface area contributed by atoms with Crippen molar-refractivity contribution in [2.45, 2.75) is 39.7 Å². The van der Waals surface area contributed by atoms with Gasteiger partial charge in [-0.05, 0) is 44.0 Å². The van der Waals surface area contributed by atoms with Gasteiger partial charge in [-0.1, -0.05) is 12.1 Å². The third-order valence-corrected chi connectivity index (χ3v) is 3.51. The quantitative estimate of drug-likeness (QED) is 0.786. The highest BCUT2D eigenvalue weighted by atomic mass is 16.5. The number of methoxy groups -OCH3 is 1. The second-order valence-corrected chi connectivity index (χ2v) is 5.16. The van der Waals surface area contributed by atoms with E-state index in [9.17, 15) is 4.79 Å². The van der Waals surface area contributed by atoms with Crippen LogP contribution >= 0.6 is 0 Å². The van der Waals surface area contributed by atoms with Gasteiger partial charge in [-0.25, -0.2) is 0 Å². The van der Waals surface area contributed by atoms with Gasteiger partial charge in [0.15, 0.2) is 0 Å². The summed E-state index contributed by atoms with van der Waals surface area (Å²) in [4.78, 5) is 12.1. The molecule has 1 heterocycles. The minimum absolute atomic E-state index is 0.250. The van der Waals surface area contributed by atoms with Crippen molar-refractivity contribution < 1.29 is 9.53 Å². The number of benzene rings is 1. The molecule has 0 radical (unpaired) electrons. The summed E-state index contributed by atoms with van der Waals surface area (Å²) in [7, 11) is 1.65. The molecular formula is C17H22N2O2. The average molecular weight is 286 g/mol. The topological polar surface area (TPSA) is 44.1 Å². The molecule has 4 nitrogen and oxygen atoms in total. The number of carbonyl (C=O) groups excluding carboxylic acids is 1. The van der Waals surface area contributed by atoms with Crippen LogP contribution in [0.3, 0.4) is 0 Å². The molecule has 112 valence electrons. The summed E-state index contributed by atoms with van der Waals surface area (Å²) in [5, 5.41) is 4.37. The van der Waals surface area contributed by atoms with Crippen LogP contribution in [0.5, 0.6) is 5.75 Å². The summed E-state index contributed by atoms with van der Waals surface area (Å²) in [6, 6.07) is 9.86. The standard InChI is InChI=1S/C17H22N2O2/c1-4-19-15(11-13(2)18-19)12-16(20)8-5-14-6-9-17(21-3)10-7-14/h6-7,9-11H,4-5,8,12H2,1-3H3. The van der Waals surface area contributed by atoms with Crippen LogP contribution in [-0.4, -0.2) is 22.7 Å². The van der Waals surface area contributed by atoms with Crippen LogP contribution in [0.25, 0.3) is 0 Å². The number of ketones is 1. The lowest BCUT2D eigenvalue weighted by Gasteiger charge is -2.05. The van der Waals surface area contributed by atoms with Gasteiger partial charge < -0.3 is 4.74 Å². The lowest BCUT2D eigenvalue weighted by molar-refractivity contribution is -0.118. The number of carbonyl (C=O) groups is 1. The van der Waals surface area contributed by atoms with E-state index in [1.165, 1.54) is 0 Å². The van der Waals surface area contributed by atoms with Gasteiger partial charge in [0.05, 0.1) is 12.8 Å². The van der Waals surface area contributed by atoms with E-state index in [2.05, 4.69) is 5.10 Å². The molecule has 0 atom stereocenters. The molecule has 0 amide bonds. The zero-order chi connectivity index (χ0) is 15.2. The van der Waals surface area contributed by atoms with E-state index in [-0.39, 0.29) is 5.78 Å². The maximum Gasteiger partial charge on any atom is 0.139 e. The number of nitrogens with zero attached hydrogens (tertiary/aromatic N) is 2. The molecule has 2 rings (SSSR count). The molecule has 2 aromatic rings. The lowest BCUT2D eigenvalue weighted by atomic mass is 10.0. The molecule has 0 N–H and O–H groups in total. The molecule has 0 fully saturated rings. The van der Waals surface area contributed by atoms with Crippen molar-refractivity contribution in [1.82, 2.24) is 9.78 Å². The number of Topliss-reactive ketones (excluding diaryl/α,β-unsaturated/α-hetero) is 1. The Hall–Kier alpha value is -2.10. The van der Waals surface area contributed by atoms with Crippen LogP contribution in [0.1, 0.15) is 30.3 Å². The Labute approximate surface area is 125 Å². The van der Waals surface area contributed by atoms with Gasteiger partial charge >= 0.3 is 0 Å². The fourth-order valence-corrected chi connectivity index (χ4v) is 2.38. The molecule has 1 aromatic carbocycles. The maximum absolute atomic E-state index is 12.1. The first kappa shape index (κ1) is 15.3. The van der Waals surface area contributed by atoms with Crippen molar-refractivity contribution in [3.8, 4) is 5.75 Å². The first-order chi connectivity index (χ1) is 10.1. The first-order valence-electron chi connectivity index (χ1n) is 7.30. The predicted octanol–water partition coefficient (Wildman–Crippen LogP) is 2.96. The van der Waals surface area contributed by atoms with Crippen LogP contribution in [0.2, 0.25) is 0 Å². The summed E-state index contributed by atoms with van der Waals surface area (Å²) < 4.78 is 7.03. The fourth-order valence-electron chi connectivity index (χ4n) is 2.38. The smallest absolute Gasteiger partial charge is 0.139 e. The molecule has 4 heteroatoms. The van der Waals surface area contributed by atoms with Crippen molar-refractivity contribution in [2.24, 2.45) is 0 Å². The van der Waals surface area contributed by atoms with Gasteiger partial charge in [0.2, 0.25) is 0 Å². The monoisotopic (exact) mass is 286 g/mol. The molecule has 0 aliphatic rings. The highest BCUT2D eigenvalue weighted by Gasteiger charge is 2.10. The number of aryl methyl sites for hydroxylation is 3.